The van der Waals surface area contributed by atoms with Gasteiger partial charge in [0.05, 0.1) is 5.69 Å². The van der Waals surface area contributed by atoms with Crippen molar-refractivity contribution in [3.8, 4) is 5.82 Å². The van der Waals surface area contributed by atoms with Gasteiger partial charge in [-0.3, -0.25) is 4.79 Å². The maximum Gasteiger partial charge on any atom is 0.293 e. The van der Waals surface area contributed by atoms with E-state index in [2.05, 4.69) is 35.8 Å². The summed E-state index contributed by atoms with van der Waals surface area (Å²) >= 11 is 0. The molecule has 0 saturated heterocycles. The molecule has 11 heteroatoms. The Morgan fingerprint density at radius 1 is 1.32 bits per heavy atom. The van der Waals surface area contributed by atoms with E-state index < -0.39 is 5.91 Å². The molecule has 0 bridgehead atoms. The Labute approximate surface area is 160 Å². The largest absolute Gasteiger partial charge is 0.378 e. The first-order valence-electron chi connectivity index (χ1n) is 8.29. The topological polar surface area (TPSA) is 140 Å². The summed E-state index contributed by atoms with van der Waals surface area (Å²) in [5.41, 5.74) is 9.74. The highest BCUT2D eigenvalue weighted by molar-refractivity contribution is 5.94. The fraction of sp³-hybridized carbons (Fsp3) is 0.176. The lowest BCUT2D eigenvalue weighted by molar-refractivity contribution is 0.0948. The molecule has 0 spiro atoms. The number of carbonyl (C=O) groups excluding carboxylic acids is 1. The molecule has 0 aliphatic rings. The first kappa shape index (κ1) is 18.9. The third kappa shape index (κ3) is 4.45. The molecule has 0 aliphatic carbocycles. The van der Waals surface area contributed by atoms with Gasteiger partial charge in [0.15, 0.2) is 5.69 Å². The molecule has 11 nitrogen and oxygen atoms in total. The third-order valence-corrected chi connectivity index (χ3v) is 3.56. The maximum atomic E-state index is 12.5. The fourth-order valence-corrected chi connectivity index (χ4v) is 2.34. The molecule has 1 amide bonds. The third-order valence-electron chi connectivity index (χ3n) is 3.56. The van der Waals surface area contributed by atoms with Crippen molar-refractivity contribution < 1.29 is 9.42 Å². The minimum Gasteiger partial charge on any atom is -0.378 e. The van der Waals surface area contributed by atoms with Gasteiger partial charge >= 0.3 is 0 Å². The highest BCUT2D eigenvalue weighted by atomic mass is 16.6. The lowest BCUT2D eigenvalue weighted by Crippen LogP contribution is -2.23. The van der Waals surface area contributed by atoms with Crippen molar-refractivity contribution in [2.45, 2.75) is 6.54 Å². The van der Waals surface area contributed by atoms with Crippen molar-refractivity contribution in [2.75, 3.05) is 19.8 Å². The van der Waals surface area contributed by atoms with E-state index in [1.165, 1.54) is 10.9 Å². The number of amides is 1. The van der Waals surface area contributed by atoms with E-state index in [-0.39, 0.29) is 17.3 Å². The van der Waals surface area contributed by atoms with Gasteiger partial charge in [0.2, 0.25) is 11.6 Å². The zero-order chi connectivity index (χ0) is 19.9. The highest BCUT2D eigenvalue weighted by Crippen LogP contribution is 2.16. The molecule has 3 aromatic rings. The second kappa shape index (κ2) is 8.68. The second-order valence-corrected chi connectivity index (χ2v) is 6.00. The number of aromatic nitrogens is 5. The Bertz CT molecular complexity index is 989. The van der Waals surface area contributed by atoms with Crippen LogP contribution in [0.5, 0.6) is 0 Å². The van der Waals surface area contributed by atoms with Gasteiger partial charge in [0.1, 0.15) is 0 Å². The number of allylic oxidation sites excluding steroid dienone is 1. The number of benzene rings is 1. The smallest absolute Gasteiger partial charge is 0.293 e. The van der Waals surface area contributed by atoms with Crippen LogP contribution in [0.3, 0.4) is 0 Å². The Balaban J connectivity index is 1.74. The van der Waals surface area contributed by atoms with E-state index in [1.807, 2.05) is 55.4 Å². The van der Waals surface area contributed by atoms with Gasteiger partial charge in [0, 0.05) is 12.8 Å². The summed E-state index contributed by atoms with van der Waals surface area (Å²) in [5, 5.41) is 19.0. The molecular formula is C17H19N9O2. The van der Waals surface area contributed by atoms with Crippen LogP contribution in [0.2, 0.25) is 0 Å². The van der Waals surface area contributed by atoms with E-state index >= 15 is 0 Å². The molecule has 0 radical (unpaired) electrons. The second-order valence-electron chi connectivity index (χ2n) is 6.00. The molecule has 3 rings (SSSR count). The number of hydrogen-bond donors (Lipinski definition) is 2. The molecule has 144 valence electrons. The van der Waals surface area contributed by atoms with E-state index in [1.54, 1.807) is 6.08 Å². The summed E-state index contributed by atoms with van der Waals surface area (Å²) in [6.07, 6.45) is 5.05. The number of nitrogen functional groups attached to an aromatic ring is 1. The monoisotopic (exact) mass is 381 g/mol. The minimum absolute atomic E-state index is 0.0425. The summed E-state index contributed by atoms with van der Waals surface area (Å²) in [7, 11) is 3.69. The summed E-state index contributed by atoms with van der Waals surface area (Å²) in [6.45, 7) is 0.361. The van der Waals surface area contributed by atoms with E-state index in [9.17, 15) is 4.79 Å². The Kier molecular flexibility index (Phi) is 5.87. The Morgan fingerprint density at radius 2 is 2.11 bits per heavy atom. The number of rotatable bonds is 7. The number of hydrogen-bond acceptors (Lipinski definition) is 9. The van der Waals surface area contributed by atoms with Gasteiger partial charge in [0.25, 0.3) is 5.91 Å². The number of nitrogens with zero attached hydrogens (tertiary/aromatic N) is 7. The number of nitrogens with one attached hydrogen (secondary N) is 1. The van der Waals surface area contributed by atoms with Crippen molar-refractivity contribution in [1.29, 1.82) is 0 Å². The first-order valence-corrected chi connectivity index (χ1v) is 8.29. The molecular weight excluding hydrogens is 362 g/mol. The SMILES string of the molecule is CN(C)Cc1c(C(=O)N/N=C\C=C\c2ccccc2)nnn1-c1nonc1N. The molecule has 2 aromatic heterocycles. The van der Waals surface area contributed by atoms with Crippen LogP contribution in [0.4, 0.5) is 5.82 Å². The first-order chi connectivity index (χ1) is 13.6. The van der Waals surface area contributed by atoms with Crippen molar-refractivity contribution in [2.24, 2.45) is 5.10 Å². The van der Waals surface area contributed by atoms with Crippen LogP contribution >= 0.6 is 0 Å². The molecule has 0 saturated carbocycles. The van der Waals surface area contributed by atoms with E-state index in [0.717, 1.165) is 5.56 Å². The van der Waals surface area contributed by atoms with Gasteiger partial charge < -0.3 is 10.6 Å². The predicted octanol–water partition coefficient (Wildman–Crippen LogP) is 0.723. The Hall–Kier alpha value is -3.86. The molecule has 1 aromatic carbocycles. The molecule has 2 heterocycles. The number of carbonyl (C=O) groups is 1. The quantitative estimate of drug-likeness (QED) is 0.451. The summed E-state index contributed by atoms with van der Waals surface area (Å²) < 4.78 is 5.92. The molecule has 0 atom stereocenters. The Morgan fingerprint density at radius 3 is 2.79 bits per heavy atom. The highest BCUT2D eigenvalue weighted by Gasteiger charge is 2.24. The van der Waals surface area contributed by atoms with E-state index in [0.29, 0.717) is 12.2 Å². The lowest BCUT2D eigenvalue weighted by atomic mass is 10.2. The van der Waals surface area contributed by atoms with Crippen LogP contribution in [0.1, 0.15) is 21.7 Å². The van der Waals surface area contributed by atoms with Gasteiger partial charge in [-0.15, -0.1) is 5.10 Å². The predicted molar refractivity (Wildman–Crippen MR) is 102 cm³/mol. The van der Waals surface area contributed by atoms with Crippen molar-refractivity contribution in [3.05, 3.63) is 53.4 Å². The summed E-state index contributed by atoms with van der Waals surface area (Å²) in [6, 6.07) is 9.72. The molecule has 0 aliphatic heterocycles. The fourth-order valence-electron chi connectivity index (χ4n) is 2.34. The molecule has 3 N–H and O–H groups in total. The maximum absolute atomic E-state index is 12.5. The van der Waals surface area contributed by atoms with Crippen LogP contribution in [-0.4, -0.2) is 56.4 Å². The van der Waals surface area contributed by atoms with Crippen LogP contribution in [0.15, 0.2) is 46.1 Å². The van der Waals surface area contributed by atoms with Gasteiger partial charge in [-0.1, -0.05) is 41.6 Å². The summed E-state index contributed by atoms with van der Waals surface area (Å²) in [4.78, 5) is 14.3. The standard InChI is InChI=1S/C17H19N9O2/c1-25(2)11-13-14(20-24-26(13)16-15(18)22-28-23-16)17(27)21-19-10-6-9-12-7-4-3-5-8-12/h3-10H,11H2,1-2H3,(H2,18,22)(H,21,27)/b9-6+,19-10-. The van der Waals surface area contributed by atoms with Crippen molar-refractivity contribution >= 4 is 24.0 Å². The van der Waals surface area contributed by atoms with Gasteiger partial charge in [-0.25, -0.2) is 10.1 Å². The average molecular weight is 381 g/mol. The molecule has 0 unspecified atom stereocenters. The molecule has 28 heavy (non-hydrogen) atoms. The number of hydrazone groups is 1. The van der Waals surface area contributed by atoms with Crippen LogP contribution < -0.4 is 11.2 Å². The van der Waals surface area contributed by atoms with Crippen molar-refractivity contribution in [1.82, 2.24) is 35.6 Å². The zero-order valence-electron chi connectivity index (χ0n) is 15.4. The van der Waals surface area contributed by atoms with Crippen LogP contribution in [0, 0.1) is 0 Å². The minimum atomic E-state index is -0.512. The number of nitrogens with two attached hydrogens (primary N) is 1. The van der Waals surface area contributed by atoms with E-state index in [4.69, 9.17) is 5.73 Å². The average Bonchev–Trinajstić information content (AvgIpc) is 3.27. The zero-order valence-corrected chi connectivity index (χ0v) is 15.4. The summed E-state index contributed by atoms with van der Waals surface area (Å²) in [5.74, 6) is -0.305. The molecule has 0 fully saturated rings. The van der Waals surface area contributed by atoms with Crippen LogP contribution in [0.25, 0.3) is 11.9 Å². The lowest BCUT2D eigenvalue weighted by Gasteiger charge is -2.10. The van der Waals surface area contributed by atoms with Gasteiger partial charge in [-0.2, -0.15) is 9.78 Å². The normalized spacial score (nSPS) is 11.7. The number of anilines is 1. The van der Waals surface area contributed by atoms with Crippen molar-refractivity contribution in [3.63, 3.8) is 0 Å². The van der Waals surface area contributed by atoms with Gasteiger partial charge in [-0.05, 0) is 36.0 Å². The van der Waals surface area contributed by atoms with Crippen LogP contribution in [-0.2, 0) is 6.54 Å².